The second-order valence-corrected chi connectivity index (χ2v) is 9.47. The number of hydrogen-bond acceptors (Lipinski definition) is 8. The van der Waals surface area contributed by atoms with Crippen LogP contribution in [-0.4, -0.2) is 62.7 Å². The van der Waals surface area contributed by atoms with Crippen LogP contribution in [-0.2, 0) is 15.9 Å². The van der Waals surface area contributed by atoms with Crippen molar-refractivity contribution < 1.29 is 39.5 Å². The number of phenolic OH excluding ortho intramolecular Hbond substituents is 2. The average Bonchev–Trinajstić information content (AvgIpc) is 3.52. The average molecular weight is 461 g/mol. The minimum absolute atomic E-state index is 0.0614. The Morgan fingerprint density at radius 2 is 2.00 bits per heavy atom. The van der Waals surface area contributed by atoms with Crippen molar-refractivity contribution in [3.63, 3.8) is 0 Å². The number of allylic oxidation sites excluding steroid dienone is 2. The fourth-order valence-electron chi connectivity index (χ4n) is 5.36. The van der Waals surface area contributed by atoms with Crippen molar-refractivity contribution in [3.8, 4) is 11.5 Å². The Hall–Kier alpha value is -2.26. The first kappa shape index (κ1) is 23.9. The summed E-state index contributed by atoms with van der Waals surface area (Å²) >= 11 is 0. The molecule has 2 saturated heterocycles. The number of rotatable bonds is 3. The molecule has 4 N–H and O–H groups in total. The lowest BCUT2D eigenvalue weighted by molar-refractivity contribution is -0.239. The van der Waals surface area contributed by atoms with Crippen LogP contribution in [0.3, 0.4) is 0 Å². The van der Waals surface area contributed by atoms with Gasteiger partial charge in [0.2, 0.25) is 0 Å². The van der Waals surface area contributed by atoms with Crippen LogP contribution in [0, 0.1) is 11.8 Å². The summed E-state index contributed by atoms with van der Waals surface area (Å²) in [5.41, 5.74) is -1.13. The lowest BCUT2D eigenvalue weighted by atomic mass is 9.79. The van der Waals surface area contributed by atoms with Crippen LogP contribution in [0.5, 0.6) is 11.5 Å². The Kier molecular flexibility index (Phi) is 6.64. The van der Waals surface area contributed by atoms with E-state index in [9.17, 15) is 30.0 Å². The van der Waals surface area contributed by atoms with Gasteiger partial charge in [0.15, 0.2) is 24.0 Å². The summed E-state index contributed by atoms with van der Waals surface area (Å²) in [5.74, 6) is -2.04. The van der Waals surface area contributed by atoms with Crippen LogP contribution < -0.4 is 0 Å². The zero-order chi connectivity index (χ0) is 23.9. The van der Waals surface area contributed by atoms with Crippen LogP contribution in [0.1, 0.15) is 72.2 Å². The zero-order valence-corrected chi connectivity index (χ0v) is 18.9. The van der Waals surface area contributed by atoms with Crippen LogP contribution in [0.25, 0.3) is 0 Å². The Morgan fingerprint density at radius 1 is 1.24 bits per heavy atom. The fourth-order valence-corrected chi connectivity index (χ4v) is 5.36. The van der Waals surface area contributed by atoms with Crippen LogP contribution in [0.4, 0.5) is 0 Å². The number of aliphatic hydroxyl groups excluding tert-OH is 2. The summed E-state index contributed by atoms with van der Waals surface area (Å²) < 4.78 is 11.4. The first-order valence-electron chi connectivity index (χ1n) is 11.7. The van der Waals surface area contributed by atoms with Crippen LogP contribution in [0.15, 0.2) is 18.2 Å². The summed E-state index contributed by atoms with van der Waals surface area (Å²) in [4.78, 5) is 25.3. The molecule has 0 saturated carbocycles. The maximum atomic E-state index is 13.7. The van der Waals surface area contributed by atoms with Gasteiger partial charge in [-0.1, -0.05) is 26.0 Å². The molecule has 8 heteroatoms. The monoisotopic (exact) mass is 460 g/mol. The van der Waals surface area contributed by atoms with Crippen LogP contribution in [0.2, 0.25) is 0 Å². The number of ketones is 1. The predicted molar refractivity (Wildman–Crippen MR) is 118 cm³/mol. The SMILES string of the molecule is CC[C@@H]1O[C@]12C(O)OC(C1CCC/C=C/C(C)Cc3cc(c(O)c(C=O)c3O)C1=O)C[C@H]2O. The van der Waals surface area contributed by atoms with Gasteiger partial charge in [-0.15, -0.1) is 0 Å². The van der Waals surface area contributed by atoms with Gasteiger partial charge in [0.25, 0.3) is 0 Å². The number of fused-ring (bicyclic) bond motifs is 2. The van der Waals surface area contributed by atoms with Gasteiger partial charge in [-0.2, -0.15) is 0 Å². The number of aromatic hydroxyl groups is 2. The predicted octanol–water partition coefficient (Wildman–Crippen LogP) is 2.64. The lowest BCUT2D eigenvalue weighted by Crippen LogP contribution is -2.55. The molecule has 1 spiro atoms. The van der Waals surface area contributed by atoms with Crippen molar-refractivity contribution in [3.05, 3.63) is 34.9 Å². The van der Waals surface area contributed by atoms with Gasteiger partial charge in [-0.25, -0.2) is 0 Å². The summed E-state index contributed by atoms with van der Waals surface area (Å²) in [7, 11) is 0. The smallest absolute Gasteiger partial charge is 0.189 e. The molecule has 33 heavy (non-hydrogen) atoms. The third-order valence-corrected chi connectivity index (χ3v) is 7.28. The Morgan fingerprint density at radius 3 is 2.64 bits per heavy atom. The number of aldehydes is 1. The Labute approximate surface area is 192 Å². The summed E-state index contributed by atoms with van der Waals surface area (Å²) in [6, 6.07) is 1.44. The van der Waals surface area contributed by atoms with E-state index in [0.717, 1.165) is 6.42 Å². The molecule has 4 unspecified atom stereocenters. The van der Waals surface area contributed by atoms with Gasteiger partial charge in [0.05, 0.1) is 29.4 Å². The summed E-state index contributed by atoms with van der Waals surface area (Å²) in [6.07, 6.45) is 3.82. The highest BCUT2D eigenvalue weighted by Gasteiger charge is 2.68. The molecule has 1 aromatic rings. The minimum Gasteiger partial charge on any atom is -0.507 e. The number of epoxide rings is 1. The second-order valence-electron chi connectivity index (χ2n) is 9.47. The van der Waals surface area contributed by atoms with Gasteiger partial charge in [-0.05, 0) is 49.7 Å². The molecule has 8 nitrogen and oxygen atoms in total. The summed E-state index contributed by atoms with van der Waals surface area (Å²) in [6.45, 7) is 3.86. The van der Waals surface area contributed by atoms with Gasteiger partial charge in [-0.3, -0.25) is 9.59 Å². The largest absolute Gasteiger partial charge is 0.507 e. The number of ether oxygens (including phenoxy) is 2. The maximum Gasteiger partial charge on any atom is 0.189 e. The molecule has 0 radical (unpaired) electrons. The number of Topliss-reactive ketones (excluding diaryl/α,β-unsaturated/α-hetero) is 1. The number of phenols is 2. The molecular formula is C25H32O8. The highest BCUT2D eigenvalue weighted by atomic mass is 16.7. The number of carbonyl (C=O) groups excluding carboxylic acids is 2. The second kappa shape index (κ2) is 9.18. The highest BCUT2D eigenvalue weighted by Crippen LogP contribution is 2.50. The van der Waals surface area contributed by atoms with E-state index in [4.69, 9.17) is 9.47 Å². The van der Waals surface area contributed by atoms with E-state index in [1.807, 2.05) is 26.0 Å². The van der Waals surface area contributed by atoms with Crippen LogP contribution >= 0.6 is 0 Å². The van der Waals surface area contributed by atoms with Gasteiger partial charge >= 0.3 is 0 Å². The molecule has 4 rings (SSSR count). The van der Waals surface area contributed by atoms with Gasteiger partial charge in [0, 0.05) is 12.3 Å². The number of benzene rings is 1. The van der Waals surface area contributed by atoms with E-state index in [-0.39, 0.29) is 35.3 Å². The van der Waals surface area contributed by atoms with E-state index in [1.54, 1.807) is 0 Å². The molecule has 0 amide bonds. The van der Waals surface area contributed by atoms with Gasteiger partial charge in [0.1, 0.15) is 11.5 Å². The summed E-state index contributed by atoms with van der Waals surface area (Å²) in [5, 5.41) is 42.6. The third kappa shape index (κ3) is 4.10. The molecule has 180 valence electrons. The number of hydrogen-bond donors (Lipinski definition) is 4. The Bertz CT molecular complexity index is 942. The standard InChI is InChI=1S/C25H32O8/c1-3-20-25(33-20)19(27)11-18(32-24(25)31)15-8-6-4-5-7-13(2)9-14-10-16(22(15)29)23(30)17(12-26)21(14)28/h5,7,10,12-13,15,18-20,24,27-28,30-31H,3-4,6,8-9,11H2,1-2H3/b7-5+/t13?,15?,18?,19-,20+,24?,25+/m1/s1. The van der Waals surface area contributed by atoms with Crippen molar-refractivity contribution in [2.75, 3.05) is 0 Å². The molecule has 2 heterocycles. The molecule has 0 aromatic heterocycles. The zero-order valence-electron chi connectivity index (χ0n) is 18.9. The van der Waals surface area contributed by atoms with Crippen molar-refractivity contribution in [1.82, 2.24) is 0 Å². The van der Waals surface area contributed by atoms with Crippen molar-refractivity contribution in [2.24, 2.45) is 11.8 Å². The van der Waals surface area contributed by atoms with Crippen molar-refractivity contribution in [1.29, 1.82) is 0 Å². The first-order valence-corrected chi connectivity index (χ1v) is 11.7. The fraction of sp³-hybridized carbons (Fsp3) is 0.600. The quantitative estimate of drug-likeness (QED) is 0.307. The molecule has 1 aliphatic carbocycles. The minimum atomic E-state index is -1.37. The van der Waals surface area contributed by atoms with Crippen molar-refractivity contribution >= 4 is 12.1 Å². The molecule has 2 bridgehead atoms. The van der Waals surface area contributed by atoms with E-state index < -0.39 is 41.5 Å². The highest BCUT2D eigenvalue weighted by molar-refractivity contribution is 6.04. The van der Waals surface area contributed by atoms with Gasteiger partial charge < -0.3 is 29.9 Å². The van der Waals surface area contributed by atoms with E-state index in [1.165, 1.54) is 6.07 Å². The topological polar surface area (TPSA) is 137 Å². The normalized spacial score (nSPS) is 37.8. The molecular weight excluding hydrogens is 428 g/mol. The van der Waals surface area contributed by atoms with E-state index in [0.29, 0.717) is 37.5 Å². The molecule has 2 aliphatic heterocycles. The molecule has 1 aromatic carbocycles. The molecule has 3 aliphatic rings. The number of carbonyl (C=O) groups is 2. The lowest BCUT2D eigenvalue weighted by Gasteiger charge is -2.39. The Balaban J connectivity index is 1.70. The van der Waals surface area contributed by atoms with Crippen molar-refractivity contribution in [2.45, 2.75) is 82.6 Å². The first-order chi connectivity index (χ1) is 15.7. The van der Waals surface area contributed by atoms with E-state index in [2.05, 4.69) is 0 Å². The third-order valence-electron chi connectivity index (χ3n) is 7.28. The maximum absolute atomic E-state index is 13.7. The molecule has 2 fully saturated rings. The van der Waals surface area contributed by atoms with E-state index >= 15 is 0 Å². The number of aliphatic hydroxyl groups is 2. The molecule has 7 atom stereocenters.